The maximum Gasteiger partial charge on any atom is 0.274 e. The van der Waals surface area contributed by atoms with E-state index in [1.54, 1.807) is 12.3 Å². The number of carbonyl (C=O) groups is 1. The summed E-state index contributed by atoms with van der Waals surface area (Å²) >= 11 is 0. The van der Waals surface area contributed by atoms with Gasteiger partial charge in [0, 0.05) is 18.8 Å². The monoisotopic (exact) mass is 281 g/mol. The van der Waals surface area contributed by atoms with Crippen LogP contribution in [0.3, 0.4) is 0 Å². The zero-order valence-electron chi connectivity index (χ0n) is 12.0. The van der Waals surface area contributed by atoms with Crippen LogP contribution in [0.1, 0.15) is 29.8 Å². The van der Waals surface area contributed by atoms with Crippen LogP contribution in [0.25, 0.3) is 0 Å². The van der Waals surface area contributed by atoms with E-state index in [0.717, 1.165) is 24.5 Å². The number of amides is 1. The van der Waals surface area contributed by atoms with Gasteiger partial charge in [-0.3, -0.25) is 4.79 Å². The Morgan fingerprint density at radius 2 is 1.76 bits per heavy atom. The molecule has 1 aromatic heterocycles. The summed E-state index contributed by atoms with van der Waals surface area (Å²) < 4.78 is 0. The lowest BCUT2D eigenvalue weighted by atomic mass is 10.1. The number of para-hydroxylation sites is 1. The quantitative estimate of drug-likeness (QED) is 0.938. The molecule has 2 heterocycles. The van der Waals surface area contributed by atoms with Gasteiger partial charge in [-0.15, -0.1) is 0 Å². The van der Waals surface area contributed by atoms with Gasteiger partial charge in [0.15, 0.2) is 0 Å². The molecule has 2 aromatic rings. The molecular formula is C17H19N3O. The maximum atomic E-state index is 12.1. The summed E-state index contributed by atoms with van der Waals surface area (Å²) in [6.07, 6.45) is 5.57. The fourth-order valence-electron chi connectivity index (χ4n) is 2.58. The molecule has 1 aromatic carbocycles. The Hall–Kier alpha value is -2.36. The van der Waals surface area contributed by atoms with Crippen molar-refractivity contribution < 1.29 is 4.79 Å². The van der Waals surface area contributed by atoms with Crippen LogP contribution < -0.4 is 10.2 Å². The average Bonchev–Trinajstić information content (AvgIpc) is 2.57. The molecule has 1 aliphatic rings. The molecule has 4 nitrogen and oxygen atoms in total. The molecule has 0 unspecified atom stereocenters. The normalized spacial score (nSPS) is 14.8. The van der Waals surface area contributed by atoms with Gasteiger partial charge in [-0.05, 0) is 43.5 Å². The van der Waals surface area contributed by atoms with Crippen molar-refractivity contribution in [1.29, 1.82) is 0 Å². The Balaban J connectivity index is 1.67. The van der Waals surface area contributed by atoms with Gasteiger partial charge in [-0.2, -0.15) is 0 Å². The fraction of sp³-hybridized carbons (Fsp3) is 0.294. The molecule has 1 fully saturated rings. The molecule has 1 N–H and O–H groups in total. The molecular weight excluding hydrogens is 262 g/mol. The topological polar surface area (TPSA) is 45.2 Å². The van der Waals surface area contributed by atoms with Gasteiger partial charge < -0.3 is 10.2 Å². The number of pyridine rings is 1. The van der Waals surface area contributed by atoms with Gasteiger partial charge in [0.1, 0.15) is 5.69 Å². The third-order valence-electron chi connectivity index (χ3n) is 3.73. The summed E-state index contributed by atoms with van der Waals surface area (Å²) in [7, 11) is 0. The summed E-state index contributed by atoms with van der Waals surface area (Å²) in [5.41, 5.74) is 2.33. The van der Waals surface area contributed by atoms with Crippen LogP contribution in [0, 0.1) is 0 Å². The number of anilines is 2. The number of carbonyl (C=O) groups excluding carboxylic acids is 1. The van der Waals surface area contributed by atoms with Gasteiger partial charge in [0.25, 0.3) is 5.91 Å². The van der Waals surface area contributed by atoms with E-state index in [-0.39, 0.29) is 5.91 Å². The van der Waals surface area contributed by atoms with Crippen LogP contribution in [-0.4, -0.2) is 24.0 Å². The Kier molecular flexibility index (Phi) is 4.15. The number of piperidine rings is 1. The van der Waals surface area contributed by atoms with Crippen molar-refractivity contribution in [2.45, 2.75) is 19.3 Å². The van der Waals surface area contributed by atoms with Crippen molar-refractivity contribution in [3.63, 3.8) is 0 Å². The first-order valence-electron chi connectivity index (χ1n) is 7.40. The van der Waals surface area contributed by atoms with E-state index in [1.807, 2.05) is 36.4 Å². The number of hydrogen-bond acceptors (Lipinski definition) is 3. The van der Waals surface area contributed by atoms with Crippen molar-refractivity contribution in [3.05, 3.63) is 54.4 Å². The first-order valence-corrected chi connectivity index (χ1v) is 7.40. The number of benzene rings is 1. The number of aromatic nitrogens is 1. The molecule has 1 amide bonds. The van der Waals surface area contributed by atoms with E-state index in [1.165, 1.54) is 19.3 Å². The predicted molar refractivity (Wildman–Crippen MR) is 84.7 cm³/mol. The van der Waals surface area contributed by atoms with E-state index in [2.05, 4.69) is 15.2 Å². The van der Waals surface area contributed by atoms with Crippen LogP contribution in [0.4, 0.5) is 11.4 Å². The molecule has 0 aliphatic carbocycles. The number of rotatable bonds is 3. The fourth-order valence-corrected chi connectivity index (χ4v) is 2.58. The summed E-state index contributed by atoms with van der Waals surface area (Å²) in [6.45, 7) is 2.16. The van der Waals surface area contributed by atoms with Gasteiger partial charge in [-0.1, -0.05) is 18.2 Å². The van der Waals surface area contributed by atoms with E-state index >= 15 is 0 Å². The first kappa shape index (κ1) is 13.6. The molecule has 0 radical (unpaired) electrons. The van der Waals surface area contributed by atoms with Crippen LogP contribution in [0.15, 0.2) is 48.7 Å². The highest BCUT2D eigenvalue weighted by Crippen LogP contribution is 2.19. The second kappa shape index (κ2) is 6.39. The van der Waals surface area contributed by atoms with Crippen LogP contribution in [-0.2, 0) is 0 Å². The number of hydrogen-bond donors (Lipinski definition) is 1. The highest BCUT2D eigenvalue weighted by atomic mass is 16.1. The molecule has 108 valence electrons. The Morgan fingerprint density at radius 1 is 1.00 bits per heavy atom. The molecule has 0 spiro atoms. The lowest BCUT2D eigenvalue weighted by molar-refractivity contribution is 0.102. The van der Waals surface area contributed by atoms with Crippen LogP contribution in [0.2, 0.25) is 0 Å². The minimum absolute atomic E-state index is 0.175. The second-order valence-corrected chi connectivity index (χ2v) is 5.27. The smallest absolute Gasteiger partial charge is 0.274 e. The molecule has 4 heteroatoms. The predicted octanol–water partition coefficient (Wildman–Crippen LogP) is 3.32. The van der Waals surface area contributed by atoms with E-state index < -0.39 is 0 Å². The molecule has 3 rings (SSSR count). The molecule has 21 heavy (non-hydrogen) atoms. The standard InChI is InChI=1S/C17H19N3O/c21-17(19-14-7-3-1-4-8-14)16-10-9-15(13-18-16)20-11-5-2-6-12-20/h1,3-4,7-10,13H,2,5-6,11-12H2,(H,19,21). The molecule has 1 saturated heterocycles. The Labute approximate surface area is 124 Å². The molecule has 0 atom stereocenters. The van der Waals surface area contributed by atoms with Crippen LogP contribution in [0.5, 0.6) is 0 Å². The minimum Gasteiger partial charge on any atom is -0.370 e. The molecule has 0 bridgehead atoms. The van der Waals surface area contributed by atoms with Gasteiger partial charge in [0.05, 0.1) is 11.9 Å². The van der Waals surface area contributed by atoms with Gasteiger partial charge in [0.2, 0.25) is 0 Å². The van der Waals surface area contributed by atoms with E-state index in [9.17, 15) is 4.79 Å². The van der Waals surface area contributed by atoms with Gasteiger partial charge in [-0.25, -0.2) is 4.98 Å². The van der Waals surface area contributed by atoms with Crippen LogP contribution >= 0.6 is 0 Å². The SMILES string of the molecule is O=C(Nc1ccccc1)c1ccc(N2CCCCC2)cn1. The van der Waals surface area contributed by atoms with E-state index in [0.29, 0.717) is 5.69 Å². The third kappa shape index (κ3) is 3.40. The molecule has 0 saturated carbocycles. The number of nitrogens with zero attached hydrogens (tertiary/aromatic N) is 2. The van der Waals surface area contributed by atoms with E-state index in [4.69, 9.17) is 0 Å². The third-order valence-corrected chi connectivity index (χ3v) is 3.73. The zero-order chi connectivity index (χ0) is 14.5. The summed E-state index contributed by atoms with van der Waals surface area (Å²) in [4.78, 5) is 18.7. The highest BCUT2D eigenvalue weighted by Gasteiger charge is 2.12. The van der Waals surface area contributed by atoms with Gasteiger partial charge >= 0.3 is 0 Å². The van der Waals surface area contributed by atoms with Crippen molar-refractivity contribution in [1.82, 2.24) is 4.98 Å². The zero-order valence-corrected chi connectivity index (χ0v) is 12.0. The Bertz CT molecular complexity index is 589. The average molecular weight is 281 g/mol. The largest absolute Gasteiger partial charge is 0.370 e. The maximum absolute atomic E-state index is 12.1. The Morgan fingerprint density at radius 3 is 2.43 bits per heavy atom. The first-order chi connectivity index (χ1) is 10.3. The number of nitrogens with one attached hydrogen (secondary N) is 1. The molecule has 1 aliphatic heterocycles. The lowest BCUT2D eigenvalue weighted by Crippen LogP contribution is -2.29. The minimum atomic E-state index is -0.175. The van der Waals surface area contributed by atoms with Crippen molar-refractivity contribution >= 4 is 17.3 Å². The summed E-state index contributed by atoms with van der Waals surface area (Å²) in [5.74, 6) is -0.175. The van der Waals surface area contributed by atoms with Crippen molar-refractivity contribution in [3.8, 4) is 0 Å². The lowest BCUT2D eigenvalue weighted by Gasteiger charge is -2.28. The van der Waals surface area contributed by atoms with Crippen molar-refractivity contribution in [2.75, 3.05) is 23.3 Å². The summed E-state index contributed by atoms with van der Waals surface area (Å²) in [5, 5.41) is 2.84. The highest BCUT2D eigenvalue weighted by molar-refractivity contribution is 6.02. The summed E-state index contributed by atoms with van der Waals surface area (Å²) in [6, 6.07) is 13.2. The second-order valence-electron chi connectivity index (χ2n) is 5.27. The van der Waals surface area contributed by atoms with Crippen molar-refractivity contribution in [2.24, 2.45) is 0 Å².